The van der Waals surface area contributed by atoms with Crippen LogP contribution in [-0.4, -0.2) is 33.0 Å². The molecule has 1 atom stereocenters. The van der Waals surface area contributed by atoms with Gasteiger partial charge in [0.25, 0.3) is 0 Å². The Morgan fingerprint density at radius 1 is 1.19 bits per heavy atom. The minimum Gasteiger partial charge on any atom is -0.407 e. The summed E-state index contributed by atoms with van der Waals surface area (Å²) in [5.74, 6) is 1.22. The molecule has 1 saturated carbocycles. The van der Waals surface area contributed by atoms with E-state index in [-0.39, 0.29) is 6.04 Å². The number of aromatic nitrogens is 4. The van der Waals surface area contributed by atoms with Gasteiger partial charge in [0.05, 0.1) is 29.6 Å². The fraction of sp³-hybridized carbons (Fsp3) is 0.389. The summed E-state index contributed by atoms with van der Waals surface area (Å²) in [6.45, 7) is 1.57. The summed E-state index contributed by atoms with van der Waals surface area (Å²) in [5.41, 5.74) is 4.46. The predicted molar refractivity (Wildman–Crippen MR) is 94.3 cm³/mol. The van der Waals surface area contributed by atoms with Crippen LogP contribution in [-0.2, 0) is 0 Å². The molecular weight excluding hydrogens is 330 g/mol. The average molecular weight is 349 g/mol. The highest BCUT2D eigenvalue weighted by Gasteiger charge is 2.38. The van der Waals surface area contributed by atoms with Gasteiger partial charge >= 0.3 is 6.01 Å². The molecule has 3 aliphatic rings. The van der Waals surface area contributed by atoms with Crippen molar-refractivity contribution in [3.63, 3.8) is 0 Å². The molecule has 2 N–H and O–H groups in total. The zero-order valence-corrected chi connectivity index (χ0v) is 14.2. The van der Waals surface area contributed by atoms with Crippen molar-refractivity contribution < 1.29 is 4.42 Å². The third-order valence-corrected chi connectivity index (χ3v) is 5.32. The molecule has 1 aliphatic carbocycles. The number of pyridine rings is 1. The quantitative estimate of drug-likeness (QED) is 0.747. The van der Waals surface area contributed by atoms with Crippen LogP contribution in [0.5, 0.6) is 0 Å². The predicted octanol–water partition coefficient (Wildman–Crippen LogP) is 1.91. The first-order valence-corrected chi connectivity index (χ1v) is 9.12. The largest absolute Gasteiger partial charge is 0.407 e. The van der Waals surface area contributed by atoms with Gasteiger partial charge in [-0.3, -0.25) is 4.90 Å². The van der Waals surface area contributed by atoms with Crippen molar-refractivity contribution in [3.8, 4) is 0 Å². The lowest BCUT2D eigenvalue weighted by Gasteiger charge is -2.28. The first-order valence-electron chi connectivity index (χ1n) is 9.12. The molecule has 0 radical (unpaired) electrons. The Hall–Kier alpha value is -2.87. The Balaban J connectivity index is 1.40. The number of nitrogens with one attached hydrogen (secondary N) is 2. The monoisotopic (exact) mass is 349 g/mol. The molecule has 0 aromatic carbocycles. The molecule has 0 bridgehead atoms. The van der Waals surface area contributed by atoms with Crippen LogP contribution in [0.1, 0.15) is 42.8 Å². The van der Waals surface area contributed by atoms with Crippen molar-refractivity contribution in [2.45, 2.75) is 31.2 Å². The van der Waals surface area contributed by atoms with Gasteiger partial charge in [-0.05, 0) is 31.0 Å². The molecule has 0 amide bonds. The molecule has 8 heteroatoms. The fourth-order valence-corrected chi connectivity index (χ4v) is 3.84. The van der Waals surface area contributed by atoms with E-state index >= 15 is 0 Å². The SMILES string of the molecule is c1ccn2nc(C3NCCC4=C3N(c3nnc(C5CC5)o3)CN4)cc2c1. The topological polar surface area (TPSA) is 83.5 Å². The maximum Gasteiger partial charge on any atom is 0.324 e. The van der Waals surface area contributed by atoms with E-state index in [9.17, 15) is 0 Å². The van der Waals surface area contributed by atoms with Gasteiger partial charge in [-0.2, -0.15) is 5.10 Å². The minimum atomic E-state index is 0.00456. The first-order chi connectivity index (χ1) is 12.9. The van der Waals surface area contributed by atoms with Crippen LogP contribution in [0.4, 0.5) is 6.01 Å². The molecule has 0 spiro atoms. The Morgan fingerprint density at radius 2 is 2.15 bits per heavy atom. The van der Waals surface area contributed by atoms with Crippen LogP contribution < -0.4 is 15.5 Å². The summed E-state index contributed by atoms with van der Waals surface area (Å²) in [6, 6.07) is 8.80. The zero-order chi connectivity index (χ0) is 17.1. The molecule has 3 aromatic heterocycles. The fourth-order valence-electron chi connectivity index (χ4n) is 3.84. The maximum absolute atomic E-state index is 5.96. The molecule has 5 heterocycles. The van der Waals surface area contributed by atoms with E-state index in [1.807, 2.05) is 22.8 Å². The summed E-state index contributed by atoms with van der Waals surface area (Å²) in [7, 11) is 0. The molecule has 8 nitrogen and oxygen atoms in total. The van der Waals surface area contributed by atoms with E-state index < -0.39 is 0 Å². The van der Waals surface area contributed by atoms with Gasteiger partial charge in [-0.1, -0.05) is 11.2 Å². The summed E-state index contributed by atoms with van der Waals surface area (Å²) in [6.07, 6.45) is 5.24. The molecule has 6 rings (SSSR count). The number of hydrogen-bond donors (Lipinski definition) is 2. The van der Waals surface area contributed by atoms with Crippen LogP contribution in [0.25, 0.3) is 5.52 Å². The third-order valence-electron chi connectivity index (χ3n) is 5.32. The van der Waals surface area contributed by atoms with Crippen LogP contribution in [0, 0.1) is 0 Å². The van der Waals surface area contributed by atoms with Crippen LogP contribution in [0.3, 0.4) is 0 Å². The standard InChI is InChI=1S/C18H19N7O/c1-2-8-25-12(3-1)9-14(23-25)15-16-13(6-7-19-15)20-10-24(16)18-22-21-17(26-18)11-4-5-11/h1-3,8-9,11,15,19-20H,4-7,10H2. The highest BCUT2D eigenvalue weighted by atomic mass is 16.4. The highest BCUT2D eigenvalue weighted by molar-refractivity contribution is 5.52. The second kappa shape index (κ2) is 5.31. The van der Waals surface area contributed by atoms with Gasteiger partial charge < -0.3 is 15.1 Å². The molecule has 132 valence electrons. The second-order valence-corrected chi connectivity index (χ2v) is 7.10. The number of nitrogens with zero attached hydrogens (tertiary/aromatic N) is 5. The van der Waals surface area contributed by atoms with Gasteiger partial charge in [0.2, 0.25) is 5.89 Å². The van der Waals surface area contributed by atoms with E-state index in [2.05, 4.69) is 37.9 Å². The van der Waals surface area contributed by atoms with Gasteiger partial charge in [0.1, 0.15) is 0 Å². The van der Waals surface area contributed by atoms with Crippen molar-refractivity contribution in [2.75, 3.05) is 18.1 Å². The Morgan fingerprint density at radius 3 is 3.04 bits per heavy atom. The van der Waals surface area contributed by atoms with Crippen molar-refractivity contribution in [3.05, 3.63) is 53.4 Å². The lowest BCUT2D eigenvalue weighted by Crippen LogP contribution is -2.35. The summed E-state index contributed by atoms with van der Waals surface area (Å²) in [4.78, 5) is 2.09. The smallest absolute Gasteiger partial charge is 0.324 e. The zero-order valence-electron chi connectivity index (χ0n) is 14.2. The normalized spacial score (nSPS) is 22.8. The average Bonchev–Trinajstić information content (AvgIpc) is 3.11. The number of rotatable bonds is 3. The first kappa shape index (κ1) is 14.3. The van der Waals surface area contributed by atoms with E-state index in [1.165, 1.54) is 5.70 Å². The molecule has 2 aliphatic heterocycles. The summed E-state index contributed by atoms with van der Waals surface area (Å²) in [5, 5.41) is 20.4. The molecule has 3 aromatic rings. The summed E-state index contributed by atoms with van der Waals surface area (Å²) < 4.78 is 7.87. The number of hydrogen-bond acceptors (Lipinski definition) is 7. The van der Waals surface area contributed by atoms with Gasteiger partial charge in [0.15, 0.2) is 0 Å². The van der Waals surface area contributed by atoms with Gasteiger partial charge in [-0.15, -0.1) is 5.10 Å². The Labute approximate surface area is 149 Å². The molecule has 1 fully saturated rings. The minimum absolute atomic E-state index is 0.00456. The second-order valence-electron chi connectivity index (χ2n) is 7.10. The van der Waals surface area contributed by atoms with Crippen LogP contribution in [0.15, 0.2) is 46.3 Å². The van der Waals surface area contributed by atoms with Crippen molar-refractivity contribution >= 4 is 11.5 Å². The van der Waals surface area contributed by atoms with E-state index in [4.69, 9.17) is 9.52 Å². The van der Waals surface area contributed by atoms with Crippen LogP contribution in [0.2, 0.25) is 0 Å². The highest BCUT2D eigenvalue weighted by Crippen LogP contribution is 2.41. The number of anilines is 1. The lowest BCUT2D eigenvalue weighted by molar-refractivity contribution is 0.482. The third kappa shape index (κ3) is 2.15. The van der Waals surface area contributed by atoms with Crippen molar-refractivity contribution in [1.29, 1.82) is 0 Å². The van der Waals surface area contributed by atoms with Crippen molar-refractivity contribution in [1.82, 2.24) is 30.4 Å². The molecule has 1 unspecified atom stereocenters. The van der Waals surface area contributed by atoms with E-state index in [0.717, 1.165) is 48.6 Å². The van der Waals surface area contributed by atoms with E-state index in [0.29, 0.717) is 18.6 Å². The Bertz CT molecular complexity index is 982. The summed E-state index contributed by atoms with van der Waals surface area (Å²) >= 11 is 0. The van der Waals surface area contributed by atoms with Gasteiger partial charge in [-0.25, -0.2) is 4.52 Å². The van der Waals surface area contributed by atoms with Crippen molar-refractivity contribution in [2.24, 2.45) is 0 Å². The lowest BCUT2D eigenvalue weighted by atomic mass is 10.0. The Kier molecular flexibility index (Phi) is 2.92. The molecule has 26 heavy (non-hydrogen) atoms. The van der Waals surface area contributed by atoms with Crippen LogP contribution >= 0.6 is 0 Å². The number of fused-ring (bicyclic) bond motifs is 1. The van der Waals surface area contributed by atoms with E-state index in [1.54, 1.807) is 0 Å². The molecule has 0 saturated heterocycles. The molecular formula is C18H19N7O. The van der Waals surface area contributed by atoms with Gasteiger partial charge in [0, 0.05) is 30.8 Å². The maximum atomic E-state index is 5.96.